The molecule has 0 spiro atoms. The Kier molecular flexibility index (Phi) is 1.95. The summed E-state index contributed by atoms with van der Waals surface area (Å²) in [6.45, 7) is 0. The first-order chi connectivity index (χ1) is 5.59. The highest BCUT2D eigenvalue weighted by Gasteiger charge is 2.06. The molecule has 0 unspecified atom stereocenters. The zero-order chi connectivity index (χ0) is 9.14. The minimum absolute atomic E-state index is 0.0368. The van der Waals surface area contributed by atoms with Gasteiger partial charge in [0.25, 0.3) is 0 Å². The van der Waals surface area contributed by atoms with Crippen molar-refractivity contribution in [3.8, 4) is 5.75 Å². The van der Waals surface area contributed by atoms with Gasteiger partial charge in [-0.05, 0) is 0 Å². The van der Waals surface area contributed by atoms with E-state index < -0.39 is 6.16 Å². The quantitative estimate of drug-likeness (QED) is 0.494. The van der Waals surface area contributed by atoms with Crippen LogP contribution in [0.5, 0.6) is 5.75 Å². The van der Waals surface area contributed by atoms with Gasteiger partial charge in [0, 0.05) is 0 Å². The number of ether oxygens (including phenoxy) is 1. The molecular weight excluding hydrogens is 164 g/mol. The highest BCUT2D eigenvalue weighted by atomic mass is 16.7. The van der Waals surface area contributed by atoms with Gasteiger partial charge in [0.05, 0.1) is 6.20 Å². The molecule has 5 N–H and O–H groups in total. The average molecular weight is 170 g/mol. The van der Waals surface area contributed by atoms with Gasteiger partial charge < -0.3 is 21.3 Å². The van der Waals surface area contributed by atoms with Gasteiger partial charge in [-0.25, -0.2) is 9.78 Å². The van der Waals surface area contributed by atoms with E-state index in [1.165, 1.54) is 0 Å². The molecule has 0 saturated heterocycles. The second-order valence-corrected chi connectivity index (χ2v) is 1.85. The smallest absolute Gasteiger partial charge is 0.449 e. The van der Waals surface area contributed by atoms with Crippen molar-refractivity contribution < 1.29 is 14.6 Å². The fourth-order valence-electron chi connectivity index (χ4n) is 0.571. The number of nitrogens with two attached hydrogens (primary N) is 2. The lowest BCUT2D eigenvalue weighted by Crippen LogP contribution is -2.08. The Bertz CT molecular complexity index is 314. The molecule has 0 saturated carbocycles. The molecule has 1 heterocycles. The van der Waals surface area contributed by atoms with Crippen molar-refractivity contribution in [3.05, 3.63) is 6.20 Å². The standard InChI is InChI=1S/C5H6N4O3/c6-3-2(12-5(10)11)1-8-4(7)9-3/h1H,(H,10,11)(H4,6,7,8,9). The average Bonchev–Trinajstić information content (AvgIpc) is 1.94. The number of hydrogen-bond donors (Lipinski definition) is 3. The van der Waals surface area contributed by atoms with Crippen molar-refractivity contribution in [2.75, 3.05) is 11.5 Å². The molecule has 7 nitrogen and oxygen atoms in total. The Hall–Kier alpha value is -2.05. The number of aromatic nitrogens is 2. The van der Waals surface area contributed by atoms with Crippen molar-refractivity contribution in [2.45, 2.75) is 0 Å². The predicted octanol–water partition coefficient (Wildman–Crippen LogP) is -0.302. The Morgan fingerprint density at radius 3 is 2.75 bits per heavy atom. The zero-order valence-corrected chi connectivity index (χ0v) is 5.89. The fraction of sp³-hybridized carbons (Fsp3) is 0. The van der Waals surface area contributed by atoms with Crippen LogP contribution in [0.1, 0.15) is 0 Å². The number of carbonyl (C=O) groups is 1. The number of hydrogen-bond acceptors (Lipinski definition) is 6. The summed E-state index contributed by atoms with van der Waals surface area (Å²) in [5, 5.41) is 8.20. The summed E-state index contributed by atoms with van der Waals surface area (Å²) in [4.78, 5) is 17.0. The largest absolute Gasteiger partial charge is 0.511 e. The molecule has 12 heavy (non-hydrogen) atoms. The van der Waals surface area contributed by atoms with Crippen molar-refractivity contribution in [3.63, 3.8) is 0 Å². The van der Waals surface area contributed by atoms with Crippen LogP contribution in [-0.2, 0) is 0 Å². The molecule has 7 heteroatoms. The molecular formula is C5H6N4O3. The number of anilines is 2. The maximum Gasteiger partial charge on any atom is 0.511 e. The lowest BCUT2D eigenvalue weighted by Gasteiger charge is -2.01. The topological polar surface area (TPSA) is 124 Å². The van der Waals surface area contributed by atoms with Gasteiger partial charge in [-0.2, -0.15) is 4.98 Å². The van der Waals surface area contributed by atoms with Gasteiger partial charge in [0.15, 0.2) is 11.6 Å². The van der Waals surface area contributed by atoms with Crippen LogP contribution in [0.3, 0.4) is 0 Å². The lowest BCUT2D eigenvalue weighted by atomic mass is 10.5. The van der Waals surface area contributed by atoms with Gasteiger partial charge in [-0.3, -0.25) is 0 Å². The first-order valence-electron chi connectivity index (χ1n) is 2.88. The van der Waals surface area contributed by atoms with Crippen LogP contribution < -0.4 is 16.2 Å². The van der Waals surface area contributed by atoms with Crippen LogP contribution >= 0.6 is 0 Å². The third-order valence-corrected chi connectivity index (χ3v) is 0.999. The molecule has 0 aromatic carbocycles. The summed E-state index contributed by atoms with van der Waals surface area (Å²) in [5.74, 6) is -0.271. The fourth-order valence-corrected chi connectivity index (χ4v) is 0.571. The molecule has 0 aliphatic rings. The van der Waals surface area contributed by atoms with Gasteiger partial charge in [0.1, 0.15) is 0 Å². The van der Waals surface area contributed by atoms with Crippen molar-refractivity contribution in [1.29, 1.82) is 0 Å². The second kappa shape index (κ2) is 2.91. The summed E-state index contributed by atoms with van der Waals surface area (Å²) in [6, 6.07) is 0. The van der Waals surface area contributed by atoms with Gasteiger partial charge >= 0.3 is 6.16 Å². The normalized spacial score (nSPS) is 9.33. The maximum atomic E-state index is 10.0. The van der Waals surface area contributed by atoms with E-state index in [-0.39, 0.29) is 17.5 Å². The Morgan fingerprint density at radius 1 is 1.58 bits per heavy atom. The molecule has 0 aliphatic carbocycles. The van der Waals surface area contributed by atoms with Crippen LogP contribution in [0.15, 0.2) is 6.20 Å². The van der Waals surface area contributed by atoms with E-state index in [2.05, 4.69) is 14.7 Å². The minimum atomic E-state index is -1.48. The van der Waals surface area contributed by atoms with E-state index in [0.717, 1.165) is 6.20 Å². The van der Waals surface area contributed by atoms with Crippen LogP contribution in [0.25, 0.3) is 0 Å². The van der Waals surface area contributed by atoms with Gasteiger partial charge in [-0.1, -0.05) is 0 Å². The van der Waals surface area contributed by atoms with Crippen LogP contribution in [-0.4, -0.2) is 21.2 Å². The predicted molar refractivity (Wildman–Crippen MR) is 39.5 cm³/mol. The molecule has 0 fully saturated rings. The minimum Gasteiger partial charge on any atom is -0.449 e. The Balaban J connectivity index is 2.93. The summed E-state index contributed by atoms with van der Waals surface area (Å²) >= 11 is 0. The monoisotopic (exact) mass is 170 g/mol. The van der Waals surface area contributed by atoms with Crippen LogP contribution in [0, 0.1) is 0 Å². The first-order valence-corrected chi connectivity index (χ1v) is 2.88. The summed E-state index contributed by atoms with van der Waals surface area (Å²) < 4.78 is 4.21. The SMILES string of the molecule is Nc1ncc(OC(=O)O)c(N)n1. The molecule has 1 rings (SSSR count). The third kappa shape index (κ3) is 1.72. The molecule has 1 aromatic heterocycles. The van der Waals surface area contributed by atoms with Crippen LogP contribution in [0.2, 0.25) is 0 Å². The Labute approximate surface area is 67.0 Å². The van der Waals surface area contributed by atoms with Gasteiger partial charge in [0.2, 0.25) is 5.95 Å². The van der Waals surface area contributed by atoms with E-state index in [4.69, 9.17) is 16.6 Å². The molecule has 0 bridgehead atoms. The molecule has 0 amide bonds. The zero-order valence-electron chi connectivity index (χ0n) is 5.89. The number of carboxylic acid groups (broad SMARTS) is 1. The van der Waals surface area contributed by atoms with E-state index in [9.17, 15) is 4.79 Å². The summed E-state index contributed by atoms with van der Waals surface area (Å²) in [6.07, 6.45) is -0.388. The maximum absolute atomic E-state index is 10.0. The second-order valence-electron chi connectivity index (χ2n) is 1.85. The van der Waals surface area contributed by atoms with Crippen molar-refractivity contribution in [1.82, 2.24) is 9.97 Å². The number of nitrogens with zero attached hydrogens (tertiary/aromatic N) is 2. The van der Waals surface area contributed by atoms with E-state index >= 15 is 0 Å². The highest BCUT2D eigenvalue weighted by molar-refractivity contribution is 5.64. The van der Waals surface area contributed by atoms with Crippen molar-refractivity contribution in [2.24, 2.45) is 0 Å². The third-order valence-electron chi connectivity index (χ3n) is 0.999. The molecule has 64 valence electrons. The Morgan fingerprint density at radius 2 is 2.25 bits per heavy atom. The van der Waals surface area contributed by atoms with Crippen molar-refractivity contribution >= 4 is 17.9 Å². The lowest BCUT2D eigenvalue weighted by molar-refractivity contribution is 0.144. The highest BCUT2D eigenvalue weighted by Crippen LogP contribution is 2.17. The number of rotatable bonds is 1. The van der Waals surface area contributed by atoms with E-state index in [1.54, 1.807) is 0 Å². The van der Waals surface area contributed by atoms with Crippen LogP contribution in [0.4, 0.5) is 16.6 Å². The molecule has 0 atom stereocenters. The molecule has 1 aromatic rings. The summed E-state index contributed by atoms with van der Waals surface area (Å²) in [7, 11) is 0. The van der Waals surface area contributed by atoms with E-state index in [1.807, 2.05) is 0 Å². The number of nitrogen functional groups attached to an aromatic ring is 2. The first kappa shape index (κ1) is 8.05. The van der Waals surface area contributed by atoms with E-state index in [0.29, 0.717) is 0 Å². The van der Waals surface area contributed by atoms with Gasteiger partial charge in [-0.15, -0.1) is 0 Å². The summed E-state index contributed by atoms with van der Waals surface area (Å²) in [5.41, 5.74) is 10.4. The molecule has 0 aliphatic heterocycles. The molecule has 0 radical (unpaired) electrons.